The topological polar surface area (TPSA) is 59.8 Å². The molecular weight excluding hydrogens is 364 g/mol. The monoisotopic (exact) mass is 394 g/mol. The van der Waals surface area contributed by atoms with E-state index in [4.69, 9.17) is 12.2 Å². The molecule has 5 rings (SSSR count). The first-order chi connectivity index (χ1) is 13.3. The van der Waals surface area contributed by atoms with Crippen molar-refractivity contribution in [1.29, 1.82) is 5.26 Å². The minimum absolute atomic E-state index is 0.140. The van der Waals surface area contributed by atoms with Crippen molar-refractivity contribution in [2.24, 2.45) is 23.2 Å². The van der Waals surface area contributed by atoms with E-state index < -0.39 is 0 Å². The van der Waals surface area contributed by atoms with Crippen molar-refractivity contribution >= 4 is 12.2 Å². The molecule has 0 spiro atoms. The van der Waals surface area contributed by atoms with Crippen LogP contribution in [0.3, 0.4) is 0 Å². The van der Waals surface area contributed by atoms with Crippen molar-refractivity contribution in [1.82, 2.24) is 4.98 Å². The highest BCUT2D eigenvalue weighted by molar-refractivity contribution is 7.71. The first-order valence-corrected chi connectivity index (χ1v) is 11.2. The number of aliphatic hydroxyl groups is 1. The minimum Gasteiger partial charge on any atom is -0.393 e. The van der Waals surface area contributed by atoms with Gasteiger partial charge >= 0.3 is 0 Å². The van der Waals surface area contributed by atoms with Crippen molar-refractivity contribution in [3.8, 4) is 6.07 Å². The molecule has 4 heteroatoms. The standard InChI is InChI=1S/C24H30N2OS/c1-13-21-17(18(12-25)22(28)26-13)11-20-16-5-4-14-10-15(27)6-8-23(14,2)19(16)7-9-24(20,21)3/h4,15-16,19-20,27H,5-11H2,1-3H3,(H,26,28)/t15-,16+,19-,20-,23+,24-/m1/s1. The fourth-order valence-electron chi connectivity index (χ4n) is 7.75. The van der Waals surface area contributed by atoms with Gasteiger partial charge in [-0.15, -0.1) is 0 Å². The molecule has 0 radical (unpaired) electrons. The number of nitrogens with one attached hydrogen (secondary N) is 1. The van der Waals surface area contributed by atoms with E-state index >= 15 is 0 Å². The van der Waals surface area contributed by atoms with Crippen molar-refractivity contribution < 1.29 is 5.11 Å². The van der Waals surface area contributed by atoms with Crippen LogP contribution in [0.25, 0.3) is 0 Å². The summed E-state index contributed by atoms with van der Waals surface area (Å²) in [5.41, 5.74) is 6.41. The van der Waals surface area contributed by atoms with Crippen LogP contribution in [0.1, 0.15) is 74.8 Å². The maximum absolute atomic E-state index is 10.2. The average Bonchev–Trinajstić information content (AvgIpc) is 2.96. The van der Waals surface area contributed by atoms with E-state index in [1.165, 1.54) is 35.2 Å². The van der Waals surface area contributed by atoms with E-state index in [-0.39, 0.29) is 16.9 Å². The number of nitrogens with zero attached hydrogens (tertiary/aromatic N) is 1. The molecule has 2 fully saturated rings. The Kier molecular flexibility index (Phi) is 4.00. The van der Waals surface area contributed by atoms with Gasteiger partial charge in [0.1, 0.15) is 10.7 Å². The van der Waals surface area contributed by atoms with Gasteiger partial charge in [0.15, 0.2) is 0 Å². The lowest BCUT2D eigenvalue weighted by molar-refractivity contribution is -0.0164. The second-order valence-electron chi connectivity index (χ2n) is 10.2. The molecule has 0 bridgehead atoms. The Morgan fingerprint density at radius 2 is 1.93 bits per heavy atom. The minimum atomic E-state index is -0.151. The molecule has 28 heavy (non-hydrogen) atoms. The molecule has 0 aliphatic heterocycles. The third kappa shape index (κ3) is 2.27. The molecule has 6 atom stereocenters. The lowest BCUT2D eigenvalue weighted by Crippen LogP contribution is -2.51. The van der Waals surface area contributed by atoms with E-state index in [2.05, 4.69) is 37.9 Å². The number of hydrogen-bond acceptors (Lipinski definition) is 3. The number of pyridine rings is 1. The molecule has 4 aliphatic carbocycles. The fraction of sp³-hybridized carbons (Fsp3) is 0.667. The molecule has 1 heterocycles. The molecule has 3 nitrogen and oxygen atoms in total. The molecule has 0 aromatic carbocycles. The number of rotatable bonds is 0. The summed E-state index contributed by atoms with van der Waals surface area (Å²) in [6, 6.07) is 2.40. The Bertz CT molecular complexity index is 986. The van der Waals surface area contributed by atoms with Crippen LogP contribution >= 0.6 is 12.2 Å². The van der Waals surface area contributed by atoms with E-state index in [9.17, 15) is 10.4 Å². The normalized spacial score (nSPS) is 41.2. The van der Waals surface area contributed by atoms with Crippen LogP contribution in [0.15, 0.2) is 11.6 Å². The SMILES string of the molecule is Cc1[nH]c(=S)c(C#N)c2c1[C@]1(C)CC[C@@H]3[C@H](CC=C4C[C@H](O)CC[C@@]43C)[C@H]1C2. The number of allylic oxidation sites excluding steroid dienone is 1. The largest absolute Gasteiger partial charge is 0.393 e. The molecule has 1 aromatic heterocycles. The number of fused-ring (bicyclic) bond motifs is 7. The van der Waals surface area contributed by atoms with Gasteiger partial charge in [-0.2, -0.15) is 5.26 Å². The van der Waals surface area contributed by atoms with Crippen LogP contribution in [0, 0.1) is 46.1 Å². The van der Waals surface area contributed by atoms with Gasteiger partial charge in [-0.1, -0.05) is 37.7 Å². The quantitative estimate of drug-likeness (QED) is 0.466. The molecule has 0 amide bonds. The van der Waals surface area contributed by atoms with Gasteiger partial charge in [0, 0.05) is 5.69 Å². The van der Waals surface area contributed by atoms with Gasteiger partial charge in [0.25, 0.3) is 0 Å². The van der Waals surface area contributed by atoms with Crippen molar-refractivity contribution in [2.75, 3.05) is 0 Å². The number of aromatic nitrogens is 1. The van der Waals surface area contributed by atoms with Crippen LogP contribution in [0.4, 0.5) is 0 Å². The molecule has 2 N–H and O–H groups in total. The summed E-state index contributed by atoms with van der Waals surface area (Å²) in [7, 11) is 0. The summed E-state index contributed by atoms with van der Waals surface area (Å²) < 4.78 is 0.608. The van der Waals surface area contributed by atoms with Gasteiger partial charge in [0.05, 0.1) is 11.7 Å². The maximum Gasteiger partial charge on any atom is 0.121 e. The predicted octanol–water partition coefficient (Wildman–Crippen LogP) is 5.26. The van der Waals surface area contributed by atoms with Crippen LogP contribution < -0.4 is 0 Å². The lowest BCUT2D eigenvalue weighted by Gasteiger charge is -2.57. The second kappa shape index (κ2) is 6.03. The number of aliphatic hydroxyl groups excluding tert-OH is 1. The van der Waals surface area contributed by atoms with Crippen molar-refractivity contribution in [3.05, 3.63) is 38.7 Å². The Labute approximate surface area is 172 Å². The second-order valence-corrected chi connectivity index (χ2v) is 10.6. The predicted molar refractivity (Wildman–Crippen MR) is 113 cm³/mol. The number of aryl methyl sites for hydroxylation is 1. The number of H-pyrrole nitrogens is 1. The molecule has 2 saturated carbocycles. The summed E-state index contributed by atoms with van der Waals surface area (Å²) in [5, 5.41) is 20.0. The summed E-state index contributed by atoms with van der Waals surface area (Å²) >= 11 is 5.49. The zero-order valence-corrected chi connectivity index (χ0v) is 18.0. The van der Waals surface area contributed by atoms with Crippen LogP contribution in [0.2, 0.25) is 0 Å². The Hall–Kier alpha value is -1.44. The van der Waals surface area contributed by atoms with Crippen LogP contribution in [-0.4, -0.2) is 16.2 Å². The molecule has 1 aromatic rings. The van der Waals surface area contributed by atoms with Gasteiger partial charge in [-0.25, -0.2) is 0 Å². The summed E-state index contributed by atoms with van der Waals surface area (Å²) in [4.78, 5) is 3.33. The first kappa shape index (κ1) is 18.6. The van der Waals surface area contributed by atoms with E-state index in [1.807, 2.05) is 0 Å². The highest BCUT2D eigenvalue weighted by Crippen LogP contribution is 2.64. The molecular formula is C24H30N2OS. The van der Waals surface area contributed by atoms with Crippen LogP contribution in [-0.2, 0) is 11.8 Å². The Balaban J connectivity index is 1.60. The van der Waals surface area contributed by atoms with Gasteiger partial charge < -0.3 is 10.1 Å². The third-order valence-electron chi connectivity index (χ3n) is 9.08. The number of nitriles is 1. The zero-order chi connectivity index (χ0) is 19.8. The first-order valence-electron chi connectivity index (χ1n) is 10.8. The Morgan fingerprint density at radius 3 is 2.68 bits per heavy atom. The van der Waals surface area contributed by atoms with E-state index in [0.717, 1.165) is 32.1 Å². The molecule has 4 aliphatic rings. The Morgan fingerprint density at radius 1 is 1.18 bits per heavy atom. The summed E-state index contributed by atoms with van der Waals surface area (Å²) in [6.07, 6.45) is 9.80. The van der Waals surface area contributed by atoms with E-state index in [1.54, 1.807) is 0 Å². The zero-order valence-electron chi connectivity index (χ0n) is 17.1. The highest BCUT2D eigenvalue weighted by atomic mass is 32.1. The lowest BCUT2D eigenvalue weighted by atomic mass is 9.47. The van der Waals surface area contributed by atoms with Crippen LogP contribution in [0.5, 0.6) is 0 Å². The number of hydrogen-bond donors (Lipinski definition) is 2. The number of aromatic amines is 1. The molecule has 0 unspecified atom stereocenters. The summed E-state index contributed by atoms with van der Waals surface area (Å²) in [6.45, 7) is 7.04. The maximum atomic E-state index is 10.2. The molecule has 148 valence electrons. The van der Waals surface area contributed by atoms with Gasteiger partial charge in [-0.3, -0.25) is 0 Å². The highest BCUT2D eigenvalue weighted by Gasteiger charge is 2.58. The van der Waals surface area contributed by atoms with Crippen molar-refractivity contribution in [2.45, 2.75) is 77.2 Å². The fourth-order valence-corrected chi connectivity index (χ4v) is 8.07. The third-order valence-corrected chi connectivity index (χ3v) is 9.39. The smallest absolute Gasteiger partial charge is 0.121 e. The van der Waals surface area contributed by atoms with E-state index in [0.29, 0.717) is 28.0 Å². The van der Waals surface area contributed by atoms with Crippen molar-refractivity contribution in [3.63, 3.8) is 0 Å². The van der Waals surface area contributed by atoms with Gasteiger partial charge in [-0.05, 0) is 91.6 Å². The van der Waals surface area contributed by atoms with Gasteiger partial charge in [0.2, 0.25) is 0 Å². The average molecular weight is 395 g/mol. The summed E-state index contributed by atoms with van der Waals surface area (Å²) in [5.74, 6) is 1.94. The molecule has 0 saturated heterocycles.